The lowest BCUT2D eigenvalue weighted by Gasteiger charge is -2.15. The largest absolute Gasteiger partial charge is 0.482 e. The molecule has 3 aromatic rings. The van der Waals surface area contributed by atoms with Gasteiger partial charge in [0.1, 0.15) is 5.75 Å². The van der Waals surface area contributed by atoms with Gasteiger partial charge in [-0.1, -0.05) is 41.6 Å². The highest BCUT2D eigenvalue weighted by molar-refractivity contribution is 7.99. The van der Waals surface area contributed by atoms with Gasteiger partial charge >= 0.3 is 0 Å². The van der Waals surface area contributed by atoms with Crippen LogP contribution in [0.15, 0.2) is 57.0 Å². The molecule has 1 amide bonds. The van der Waals surface area contributed by atoms with Gasteiger partial charge in [-0.05, 0) is 36.8 Å². The van der Waals surface area contributed by atoms with Crippen molar-refractivity contribution in [1.82, 2.24) is 14.5 Å². The second-order valence-electron chi connectivity index (χ2n) is 6.79. The molecule has 0 aliphatic heterocycles. The Hall–Kier alpha value is -2.60. The predicted octanol–water partition coefficient (Wildman–Crippen LogP) is 3.59. The molecule has 170 valence electrons. The van der Waals surface area contributed by atoms with Gasteiger partial charge in [0.15, 0.2) is 6.61 Å². The monoisotopic (exact) mass is 496 g/mol. The summed E-state index contributed by atoms with van der Waals surface area (Å²) in [6.45, 7) is 1.73. The Bertz CT molecular complexity index is 1210. The number of hydrogen-bond donors (Lipinski definition) is 1. The number of nitrogens with one attached hydrogen (secondary N) is 1. The maximum Gasteiger partial charge on any atom is 0.277 e. The molecular weight excluding hydrogens is 476 g/mol. The van der Waals surface area contributed by atoms with Crippen molar-refractivity contribution in [2.24, 2.45) is 0 Å². The number of halogens is 1. The molecule has 0 bridgehead atoms. The first-order chi connectivity index (χ1) is 15.2. The maximum absolute atomic E-state index is 12.4. The van der Waals surface area contributed by atoms with Crippen LogP contribution in [0.4, 0.5) is 5.69 Å². The quantitative estimate of drug-likeness (QED) is 0.447. The zero-order valence-electron chi connectivity index (χ0n) is 17.5. The first kappa shape index (κ1) is 24.1. The molecule has 1 heterocycles. The second kappa shape index (κ2) is 10.3. The van der Waals surface area contributed by atoms with Crippen molar-refractivity contribution in [1.29, 1.82) is 0 Å². The summed E-state index contributed by atoms with van der Waals surface area (Å²) in [5.74, 6) is 0.384. The standard InChI is InChI=1S/C20H21ClN4O5S2/c1-13-8-9-14(10-17(13)32(27,28)25(2)3)22-18(26)12-31-20-24-23-19(30-20)11-29-16-7-5-4-6-15(16)21/h4-10H,11-12H2,1-3H3,(H,22,26). The van der Waals surface area contributed by atoms with Crippen LogP contribution in [0, 0.1) is 6.92 Å². The van der Waals surface area contributed by atoms with Crippen LogP contribution in [0.5, 0.6) is 5.75 Å². The Morgan fingerprint density at radius 1 is 1.22 bits per heavy atom. The highest BCUT2D eigenvalue weighted by Gasteiger charge is 2.20. The minimum absolute atomic E-state index is 0.00333. The lowest BCUT2D eigenvalue weighted by molar-refractivity contribution is -0.113. The van der Waals surface area contributed by atoms with E-state index in [1.54, 1.807) is 43.3 Å². The number of benzene rings is 2. The highest BCUT2D eigenvalue weighted by atomic mass is 35.5. The van der Waals surface area contributed by atoms with E-state index in [1.807, 2.05) is 0 Å². The summed E-state index contributed by atoms with van der Waals surface area (Å²) in [6.07, 6.45) is 0. The Balaban J connectivity index is 1.55. The Morgan fingerprint density at radius 2 is 1.97 bits per heavy atom. The molecule has 0 fully saturated rings. The first-order valence-corrected chi connectivity index (χ1v) is 12.1. The molecule has 0 saturated carbocycles. The van der Waals surface area contributed by atoms with Crippen molar-refractivity contribution in [3.8, 4) is 5.75 Å². The number of aromatic nitrogens is 2. The van der Waals surface area contributed by atoms with E-state index in [4.69, 9.17) is 20.8 Å². The van der Waals surface area contributed by atoms with E-state index < -0.39 is 10.0 Å². The van der Waals surface area contributed by atoms with Crippen LogP contribution < -0.4 is 10.1 Å². The highest BCUT2D eigenvalue weighted by Crippen LogP contribution is 2.25. The van der Waals surface area contributed by atoms with Gasteiger partial charge in [0.25, 0.3) is 11.1 Å². The molecule has 0 atom stereocenters. The average Bonchev–Trinajstić information content (AvgIpc) is 3.21. The third-order valence-electron chi connectivity index (χ3n) is 4.19. The van der Waals surface area contributed by atoms with E-state index in [2.05, 4.69) is 15.5 Å². The van der Waals surface area contributed by atoms with Crippen LogP contribution in [-0.2, 0) is 21.4 Å². The van der Waals surface area contributed by atoms with Crippen LogP contribution in [0.1, 0.15) is 11.5 Å². The SMILES string of the molecule is Cc1ccc(NC(=O)CSc2nnc(COc3ccccc3Cl)o2)cc1S(=O)(=O)N(C)C. The summed E-state index contributed by atoms with van der Waals surface area (Å²) in [5, 5.41) is 11.1. The lowest BCUT2D eigenvalue weighted by atomic mass is 10.2. The summed E-state index contributed by atoms with van der Waals surface area (Å²) in [7, 11) is -0.717. The van der Waals surface area contributed by atoms with Crippen LogP contribution in [0.2, 0.25) is 5.02 Å². The van der Waals surface area contributed by atoms with Crippen molar-refractivity contribution < 1.29 is 22.4 Å². The van der Waals surface area contributed by atoms with Crippen LogP contribution >= 0.6 is 23.4 Å². The average molecular weight is 497 g/mol. The van der Waals surface area contributed by atoms with Crippen molar-refractivity contribution in [3.63, 3.8) is 0 Å². The van der Waals surface area contributed by atoms with Crippen LogP contribution in [0.25, 0.3) is 0 Å². The fourth-order valence-corrected chi connectivity index (χ4v) is 4.45. The number of para-hydroxylation sites is 1. The third kappa shape index (κ3) is 6.00. The van der Waals surface area contributed by atoms with E-state index in [9.17, 15) is 13.2 Å². The zero-order valence-corrected chi connectivity index (χ0v) is 19.9. The Morgan fingerprint density at radius 3 is 2.69 bits per heavy atom. The van der Waals surface area contributed by atoms with Gasteiger partial charge in [-0.3, -0.25) is 4.79 Å². The van der Waals surface area contributed by atoms with Gasteiger partial charge in [0.05, 0.1) is 15.7 Å². The van der Waals surface area contributed by atoms with E-state index in [0.717, 1.165) is 16.1 Å². The van der Waals surface area contributed by atoms with Gasteiger partial charge in [0.2, 0.25) is 15.9 Å². The molecule has 12 heteroatoms. The minimum Gasteiger partial charge on any atom is -0.482 e. The van der Waals surface area contributed by atoms with E-state index in [-0.39, 0.29) is 34.3 Å². The molecule has 0 saturated heterocycles. The predicted molar refractivity (Wildman–Crippen MR) is 121 cm³/mol. The molecule has 3 rings (SSSR count). The number of hydrogen-bond acceptors (Lipinski definition) is 8. The molecule has 0 radical (unpaired) electrons. The number of ether oxygens (including phenoxy) is 1. The van der Waals surface area contributed by atoms with Gasteiger partial charge < -0.3 is 14.5 Å². The van der Waals surface area contributed by atoms with Gasteiger partial charge in [-0.2, -0.15) is 0 Å². The fourth-order valence-electron chi connectivity index (χ4n) is 2.53. The van der Waals surface area contributed by atoms with Gasteiger partial charge in [0, 0.05) is 19.8 Å². The Kier molecular flexibility index (Phi) is 7.77. The molecule has 32 heavy (non-hydrogen) atoms. The summed E-state index contributed by atoms with van der Waals surface area (Å²) in [6, 6.07) is 11.7. The van der Waals surface area contributed by atoms with Gasteiger partial charge in [-0.15, -0.1) is 10.2 Å². The van der Waals surface area contributed by atoms with Crippen LogP contribution in [0.3, 0.4) is 0 Å². The van der Waals surface area contributed by atoms with E-state index in [1.165, 1.54) is 20.2 Å². The molecule has 2 aromatic carbocycles. The van der Waals surface area contributed by atoms with Crippen molar-refractivity contribution in [2.75, 3.05) is 25.2 Å². The van der Waals surface area contributed by atoms with Crippen molar-refractivity contribution >= 4 is 45.0 Å². The number of anilines is 1. The topological polar surface area (TPSA) is 115 Å². The number of amides is 1. The molecule has 1 aromatic heterocycles. The van der Waals surface area contributed by atoms with Crippen LogP contribution in [-0.4, -0.2) is 48.7 Å². The van der Waals surface area contributed by atoms with E-state index >= 15 is 0 Å². The molecule has 0 unspecified atom stereocenters. The summed E-state index contributed by atoms with van der Waals surface area (Å²) in [4.78, 5) is 12.4. The van der Waals surface area contributed by atoms with Crippen molar-refractivity contribution in [3.05, 3.63) is 58.9 Å². The molecular formula is C20H21ClN4O5S2. The number of aryl methyl sites for hydroxylation is 1. The molecule has 0 spiro atoms. The number of carbonyl (C=O) groups excluding carboxylic acids is 1. The smallest absolute Gasteiger partial charge is 0.277 e. The Labute approximate surface area is 195 Å². The maximum atomic E-state index is 12.4. The summed E-state index contributed by atoms with van der Waals surface area (Å²) in [5.41, 5.74) is 0.962. The molecule has 0 aliphatic rings. The number of rotatable bonds is 9. The fraction of sp³-hybridized carbons (Fsp3) is 0.250. The number of thioether (sulfide) groups is 1. The first-order valence-electron chi connectivity index (χ1n) is 9.32. The minimum atomic E-state index is -3.62. The molecule has 9 nitrogen and oxygen atoms in total. The van der Waals surface area contributed by atoms with E-state index in [0.29, 0.717) is 22.0 Å². The summed E-state index contributed by atoms with van der Waals surface area (Å²) < 4.78 is 37.0. The normalized spacial score (nSPS) is 11.5. The number of carbonyl (C=O) groups is 1. The van der Waals surface area contributed by atoms with Crippen molar-refractivity contribution in [2.45, 2.75) is 23.6 Å². The zero-order chi connectivity index (χ0) is 23.3. The third-order valence-corrected chi connectivity index (χ3v) is 7.28. The lowest BCUT2D eigenvalue weighted by Crippen LogP contribution is -2.23. The molecule has 1 N–H and O–H groups in total. The number of nitrogens with zero attached hydrogens (tertiary/aromatic N) is 3. The second-order valence-corrected chi connectivity index (χ2v) is 10.2. The van der Waals surface area contributed by atoms with Gasteiger partial charge in [-0.25, -0.2) is 12.7 Å². The number of sulfonamides is 1. The summed E-state index contributed by atoms with van der Waals surface area (Å²) >= 11 is 7.08. The molecule has 0 aliphatic carbocycles.